The van der Waals surface area contributed by atoms with E-state index in [-0.39, 0.29) is 5.95 Å². The van der Waals surface area contributed by atoms with E-state index in [1.165, 1.54) is 0 Å². The summed E-state index contributed by atoms with van der Waals surface area (Å²) in [6.45, 7) is 5.77. The zero-order valence-corrected chi connectivity index (χ0v) is 17.1. The molecule has 2 N–H and O–H groups in total. The van der Waals surface area contributed by atoms with Crippen molar-refractivity contribution >= 4 is 17.5 Å². The first kappa shape index (κ1) is 21.0. The molecular weight excluding hydrogens is 405 g/mol. The minimum absolute atomic E-state index is 0.102. The van der Waals surface area contributed by atoms with E-state index >= 15 is 0 Å². The third-order valence-electron chi connectivity index (χ3n) is 5.02. The molecule has 0 saturated carbocycles. The quantitative estimate of drug-likeness (QED) is 0.642. The Kier molecular flexibility index (Phi) is 6.03. The molecule has 4 rings (SSSR count). The normalized spacial score (nSPS) is 14.9. The lowest BCUT2D eigenvalue weighted by Gasteiger charge is -2.21. The number of alkyl halides is 3. The maximum Gasteiger partial charge on any atom is 0.433 e. The molecule has 0 unspecified atom stereocenters. The van der Waals surface area contributed by atoms with Crippen LogP contribution in [0.1, 0.15) is 17.7 Å². The molecular formula is C22H23F3N6. The Morgan fingerprint density at radius 3 is 2.65 bits per heavy atom. The fourth-order valence-electron chi connectivity index (χ4n) is 3.55. The largest absolute Gasteiger partial charge is 0.433 e. The van der Waals surface area contributed by atoms with Crippen molar-refractivity contribution < 1.29 is 13.2 Å². The van der Waals surface area contributed by atoms with E-state index in [1.54, 1.807) is 0 Å². The summed E-state index contributed by atoms with van der Waals surface area (Å²) in [5.41, 5.74) is 2.41. The highest BCUT2D eigenvalue weighted by atomic mass is 19.4. The highest BCUT2D eigenvalue weighted by Crippen LogP contribution is 2.29. The van der Waals surface area contributed by atoms with Crippen LogP contribution < -0.4 is 15.5 Å². The second-order valence-electron chi connectivity index (χ2n) is 7.47. The van der Waals surface area contributed by atoms with E-state index in [0.717, 1.165) is 67.4 Å². The number of pyridine rings is 1. The van der Waals surface area contributed by atoms with Gasteiger partial charge in [0.15, 0.2) is 0 Å². The van der Waals surface area contributed by atoms with Crippen molar-refractivity contribution in [2.45, 2.75) is 19.5 Å². The fourth-order valence-corrected chi connectivity index (χ4v) is 3.55. The molecule has 0 amide bonds. The molecule has 1 aromatic carbocycles. The SMILES string of the molecule is Cc1cc(Nc2nccc(C(F)(F)F)n2)cc(-c2ccc(N3CCCNCC3)nc2)c1. The summed E-state index contributed by atoms with van der Waals surface area (Å²) in [7, 11) is 0. The molecule has 9 heteroatoms. The molecule has 2 aromatic heterocycles. The topological polar surface area (TPSA) is 66.0 Å². The summed E-state index contributed by atoms with van der Waals surface area (Å²) >= 11 is 0. The van der Waals surface area contributed by atoms with Crippen molar-refractivity contribution in [1.82, 2.24) is 20.3 Å². The van der Waals surface area contributed by atoms with Gasteiger partial charge in [-0.25, -0.2) is 15.0 Å². The van der Waals surface area contributed by atoms with E-state index in [4.69, 9.17) is 0 Å². The van der Waals surface area contributed by atoms with Gasteiger partial charge >= 0.3 is 6.18 Å². The molecule has 3 aromatic rings. The third kappa shape index (κ3) is 5.29. The molecule has 0 aliphatic carbocycles. The number of hydrogen-bond donors (Lipinski definition) is 2. The van der Waals surface area contributed by atoms with Gasteiger partial charge in [0.1, 0.15) is 11.5 Å². The van der Waals surface area contributed by atoms with Gasteiger partial charge in [-0.2, -0.15) is 13.2 Å². The summed E-state index contributed by atoms with van der Waals surface area (Å²) in [4.78, 5) is 14.4. The maximum atomic E-state index is 12.9. The molecule has 1 saturated heterocycles. The molecule has 0 radical (unpaired) electrons. The van der Waals surface area contributed by atoms with Crippen molar-refractivity contribution in [3.05, 3.63) is 60.0 Å². The van der Waals surface area contributed by atoms with Crippen LogP contribution in [0.2, 0.25) is 0 Å². The number of rotatable bonds is 4. The molecule has 3 heterocycles. The Morgan fingerprint density at radius 2 is 1.87 bits per heavy atom. The number of benzene rings is 1. The first-order valence-electron chi connectivity index (χ1n) is 10.1. The zero-order valence-electron chi connectivity index (χ0n) is 17.1. The monoisotopic (exact) mass is 428 g/mol. The molecule has 0 bridgehead atoms. The van der Waals surface area contributed by atoms with Crippen molar-refractivity contribution in [2.24, 2.45) is 0 Å². The van der Waals surface area contributed by atoms with E-state index < -0.39 is 11.9 Å². The standard InChI is InChI=1S/C22H23F3N6/c1-15-11-17(16-3-4-20(28-14-16)31-9-2-6-26-8-10-31)13-18(12-15)29-21-27-7-5-19(30-21)22(23,24)25/h3-5,7,11-14,26H,2,6,8-10H2,1H3,(H,27,29,30). The van der Waals surface area contributed by atoms with Gasteiger partial charge in [-0.05, 0) is 61.3 Å². The zero-order chi connectivity index (χ0) is 21.8. The molecule has 31 heavy (non-hydrogen) atoms. The van der Waals surface area contributed by atoms with Crippen LogP contribution in [0.4, 0.5) is 30.6 Å². The third-order valence-corrected chi connectivity index (χ3v) is 5.02. The minimum Gasteiger partial charge on any atom is -0.355 e. The average molecular weight is 428 g/mol. The van der Waals surface area contributed by atoms with Gasteiger partial charge < -0.3 is 15.5 Å². The molecule has 6 nitrogen and oxygen atoms in total. The van der Waals surface area contributed by atoms with Crippen LogP contribution in [-0.2, 0) is 6.18 Å². The maximum absolute atomic E-state index is 12.9. The first-order valence-corrected chi connectivity index (χ1v) is 10.1. The van der Waals surface area contributed by atoms with Gasteiger partial charge in [-0.1, -0.05) is 6.07 Å². The van der Waals surface area contributed by atoms with Crippen molar-refractivity contribution in [1.29, 1.82) is 0 Å². The van der Waals surface area contributed by atoms with Crippen LogP contribution in [0.25, 0.3) is 11.1 Å². The predicted octanol–water partition coefficient (Wildman–Crippen LogP) is 4.41. The van der Waals surface area contributed by atoms with E-state index in [2.05, 4.69) is 30.5 Å². The van der Waals surface area contributed by atoms with Gasteiger partial charge in [0.25, 0.3) is 0 Å². The van der Waals surface area contributed by atoms with Crippen LogP contribution in [0.15, 0.2) is 48.8 Å². The second-order valence-corrected chi connectivity index (χ2v) is 7.47. The summed E-state index contributed by atoms with van der Waals surface area (Å²) in [6.07, 6.45) is -0.523. The number of anilines is 3. The first-order chi connectivity index (χ1) is 14.9. The Morgan fingerprint density at radius 1 is 1.00 bits per heavy atom. The minimum atomic E-state index is -4.52. The smallest absolute Gasteiger partial charge is 0.355 e. The van der Waals surface area contributed by atoms with Gasteiger partial charge in [0.2, 0.25) is 5.95 Å². The molecule has 162 valence electrons. The summed E-state index contributed by atoms with van der Waals surface area (Å²) in [6, 6.07) is 10.6. The van der Waals surface area contributed by atoms with Crippen LogP contribution in [0, 0.1) is 6.92 Å². The number of hydrogen-bond acceptors (Lipinski definition) is 6. The van der Waals surface area contributed by atoms with Crippen molar-refractivity contribution in [2.75, 3.05) is 36.4 Å². The number of nitrogens with one attached hydrogen (secondary N) is 2. The highest BCUT2D eigenvalue weighted by molar-refractivity contribution is 5.71. The fraction of sp³-hybridized carbons (Fsp3) is 0.318. The van der Waals surface area contributed by atoms with Gasteiger partial charge in [0.05, 0.1) is 0 Å². The summed E-state index contributed by atoms with van der Waals surface area (Å²) in [5, 5.41) is 6.26. The predicted molar refractivity (Wildman–Crippen MR) is 114 cm³/mol. The molecule has 1 fully saturated rings. The van der Waals surface area contributed by atoms with E-state index in [0.29, 0.717) is 5.69 Å². The Bertz CT molecular complexity index is 1030. The van der Waals surface area contributed by atoms with Crippen LogP contribution in [-0.4, -0.2) is 41.1 Å². The highest BCUT2D eigenvalue weighted by Gasteiger charge is 2.32. The Hall–Kier alpha value is -3.20. The van der Waals surface area contributed by atoms with Crippen LogP contribution in [0.5, 0.6) is 0 Å². The lowest BCUT2D eigenvalue weighted by molar-refractivity contribution is -0.141. The molecule has 1 aliphatic heterocycles. The molecule has 1 aliphatic rings. The Balaban J connectivity index is 1.55. The number of aromatic nitrogens is 3. The van der Waals surface area contributed by atoms with Crippen molar-refractivity contribution in [3.63, 3.8) is 0 Å². The van der Waals surface area contributed by atoms with Gasteiger partial charge in [-0.3, -0.25) is 0 Å². The number of halogens is 3. The molecule has 0 spiro atoms. The van der Waals surface area contributed by atoms with Crippen LogP contribution >= 0.6 is 0 Å². The van der Waals surface area contributed by atoms with E-state index in [9.17, 15) is 13.2 Å². The molecule has 0 atom stereocenters. The summed E-state index contributed by atoms with van der Waals surface area (Å²) in [5.74, 6) is 0.838. The van der Waals surface area contributed by atoms with Gasteiger partial charge in [-0.15, -0.1) is 0 Å². The number of aryl methyl sites for hydroxylation is 1. The summed E-state index contributed by atoms with van der Waals surface area (Å²) < 4.78 is 38.7. The van der Waals surface area contributed by atoms with Gasteiger partial charge in [0, 0.05) is 43.3 Å². The second kappa shape index (κ2) is 8.89. The van der Waals surface area contributed by atoms with Crippen molar-refractivity contribution in [3.8, 4) is 11.1 Å². The lowest BCUT2D eigenvalue weighted by Crippen LogP contribution is -2.28. The Labute approximate surface area is 178 Å². The number of nitrogens with zero attached hydrogens (tertiary/aromatic N) is 4. The lowest BCUT2D eigenvalue weighted by atomic mass is 10.0. The van der Waals surface area contributed by atoms with Crippen LogP contribution in [0.3, 0.4) is 0 Å². The van der Waals surface area contributed by atoms with E-state index in [1.807, 2.05) is 43.5 Å². The average Bonchev–Trinajstić information content (AvgIpc) is 3.03.